The monoisotopic (exact) mass is 339 g/mol. The van der Waals surface area contributed by atoms with Gasteiger partial charge < -0.3 is 10.2 Å². The number of nitrogens with zero attached hydrogens (tertiary/aromatic N) is 2. The Labute approximate surface area is 129 Å². The van der Waals surface area contributed by atoms with Gasteiger partial charge in [0.2, 0.25) is 0 Å². The van der Waals surface area contributed by atoms with Gasteiger partial charge in [-0.1, -0.05) is 6.42 Å². The topological polar surface area (TPSA) is 45.2 Å². The van der Waals surface area contributed by atoms with Crippen molar-refractivity contribution in [3.8, 4) is 0 Å². The van der Waals surface area contributed by atoms with Crippen molar-refractivity contribution in [2.45, 2.75) is 38.6 Å². The molecular weight excluding hydrogens is 318 g/mol. The van der Waals surface area contributed by atoms with Gasteiger partial charge in [0, 0.05) is 30.9 Å². The van der Waals surface area contributed by atoms with Crippen molar-refractivity contribution >= 4 is 21.8 Å². The van der Waals surface area contributed by atoms with Crippen LogP contribution >= 0.6 is 15.9 Å². The van der Waals surface area contributed by atoms with Gasteiger partial charge in [0.1, 0.15) is 4.60 Å². The first-order valence-electron chi connectivity index (χ1n) is 7.30. The molecule has 2 rings (SSSR count). The minimum absolute atomic E-state index is 0.0280. The summed E-state index contributed by atoms with van der Waals surface area (Å²) < 4.78 is 0.687. The number of aromatic nitrogens is 1. The van der Waals surface area contributed by atoms with Crippen molar-refractivity contribution in [1.82, 2.24) is 15.2 Å². The molecule has 0 radical (unpaired) electrons. The number of carbonyl (C=O) groups excluding carboxylic acids is 1. The molecule has 1 N–H and O–H groups in total. The summed E-state index contributed by atoms with van der Waals surface area (Å²) in [5, 5.41) is 2.97. The van der Waals surface area contributed by atoms with E-state index in [4.69, 9.17) is 0 Å². The number of likely N-dealkylation sites (tertiary alicyclic amines) is 1. The van der Waals surface area contributed by atoms with Gasteiger partial charge in [-0.3, -0.25) is 4.79 Å². The number of piperidine rings is 1. The van der Waals surface area contributed by atoms with E-state index in [2.05, 4.69) is 38.1 Å². The molecule has 4 nitrogen and oxygen atoms in total. The molecule has 1 amide bonds. The van der Waals surface area contributed by atoms with Crippen molar-refractivity contribution < 1.29 is 4.79 Å². The van der Waals surface area contributed by atoms with Crippen LogP contribution in [0.3, 0.4) is 0 Å². The van der Waals surface area contributed by atoms with Crippen LogP contribution in [0.15, 0.2) is 22.9 Å². The van der Waals surface area contributed by atoms with Crippen LogP contribution < -0.4 is 5.32 Å². The molecule has 0 saturated carbocycles. The van der Waals surface area contributed by atoms with E-state index >= 15 is 0 Å². The molecule has 0 aliphatic carbocycles. The molecule has 1 saturated heterocycles. The number of amides is 1. The third-order valence-electron chi connectivity index (χ3n) is 3.84. The summed E-state index contributed by atoms with van der Waals surface area (Å²) in [5.41, 5.74) is 0.651. The molecule has 0 aromatic carbocycles. The van der Waals surface area contributed by atoms with Gasteiger partial charge >= 0.3 is 0 Å². The molecule has 20 heavy (non-hydrogen) atoms. The minimum atomic E-state index is -0.0280. The first-order valence-corrected chi connectivity index (χ1v) is 8.10. The van der Waals surface area contributed by atoms with E-state index in [-0.39, 0.29) is 5.91 Å². The molecule has 1 unspecified atom stereocenters. The number of halogens is 1. The van der Waals surface area contributed by atoms with E-state index in [9.17, 15) is 4.79 Å². The van der Waals surface area contributed by atoms with Crippen molar-refractivity contribution in [3.05, 3.63) is 28.5 Å². The van der Waals surface area contributed by atoms with Gasteiger partial charge in [-0.15, -0.1) is 0 Å². The Bertz CT molecular complexity index is 452. The molecule has 1 aromatic rings. The summed E-state index contributed by atoms with van der Waals surface area (Å²) in [6, 6.07) is 4.16. The maximum atomic E-state index is 11.9. The van der Waals surface area contributed by atoms with Crippen molar-refractivity contribution in [2.24, 2.45) is 0 Å². The molecule has 1 aromatic heterocycles. The summed E-state index contributed by atoms with van der Waals surface area (Å²) in [4.78, 5) is 18.5. The normalized spacial score (nSPS) is 19.8. The summed E-state index contributed by atoms with van der Waals surface area (Å²) in [7, 11) is 0. The zero-order chi connectivity index (χ0) is 14.4. The first-order chi connectivity index (χ1) is 9.66. The van der Waals surface area contributed by atoms with Crippen molar-refractivity contribution in [3.63, 3.8) is 0 Å². The molecule has 110 valence electrons. The Kier molecular flexibility index (Phi) is 5.98. The van der Waals surface area contributed by atoms with Crippen LogP contribution in [0.25, 0.3) is 0 Å². The number of hydrogen-bond donors (Lipinski definition) is 1. The van der Waals surface area contributed by atoms with E-state index in [0.717, 1.165) is 19.5 Å². The molecule has 2 heterocycles. The van der Waals surface area contributed by atoms with Crippen LogP contribution in [0.1, 0.15) is 43.0 Å². The molecule has 5 heteroatoms. The predicted octanol–water partition coefficient (Wildman–Crippen LogP) is 2.84. The quantitative estimate of drug-likeness (QED) is 0.662. The standard InChI is InChI=1S/C15H22BrN3O/c1-12-5-2-3-9-19(12)10-4-7-18-15(20)13-6-8-17-14(16)11-13/h6,8,11-12H,2-5,7,9-10H2,1H3,(H,18,20). The van der Waals surface area contributed by atoms with Crippen LogP contribution in [0, 0.1) is 0 Å². The van der Waals surface area contributed by atoms with Gasteiger partial charge in [-0.25, -0.2) is 4.98 Å². The third kappa shape index (κ3) is 4.56. The average molecular weight is 340 g/mol. The Morgan fingerprint density at radius 2 is 2.40 bits per heavy atom. The van der Waals surface area contributed by atoms with Gasteiger partial charge in [0.05, 0.1) is 0 Å². The Morgan fingerprint density at radius 1 is 1.55 bits per heavy atom. The molecule has 0 spiro atoms. The molecule has 1 aliphatic rings. The lowest BCUT2D eigenvalue weighted by Crippen LogP contribution is -2.39. The van der Waals surface area contributed by atoms with Crippen LogP contribution in [-0.2, 0) is 0 Å². The van der Waals surface area contributed by atoms with Gasteiger partial charge in [0.15, 0.2) is 0 Å². The van der Waals surface area contributed by atoms with Crippen molar-refractivity contribution in [2.75, 3.05) is 19.6 Å². The summed E-state index contributed by atoms with van der Waals surface area (Å²) in [5.74, 6) is -0.0280. The number of nitrogens with one attached hydrogen (secondary N) is 1. The number of pyridine rings is 1. The Hall–Kier alpha value is -0.940. The molecule has 0 bridgehead atoms. The van der Waals surface area contributed by atoms with Gasteiger partial charge in [0.25, 0.3) is 5.91 Å². The second kappa shape index (κ2) is 7.74. The summed E-state index contributed by atoms with van der Waals surface area (Å²) in [6.07, 6.45) is 6.60. The Morgan fingerprint density at radius 3 is 3.15 bits per heavy atom. The number of rotatable bonds is 5. The van der Waals surface area contributed by atoms with Gasteiger partial charge in [-0.2, -0.15) is 0 Å². The molecule has 1 fully saturated rings. The fraction of sp³-hybridized carbons (Fsp3) is 0.600. The first kappa shape index (κ1) is 15.4. The smallest absolute Gasteiger partial charge is 0.251 e. The zero-order valence-corrected chi connectivity index (χ0v) is 13.5. The lowest BCUT2D eigenvalue weighted by atomic mass is 10.0. The van der Waals surface area contributed by atoms with Gasteiger partial charge in [-0.05, 0) is 60.8 Å². The largest absolute Gasteiger partial charge is 0.352 e. The van der Waals surface area contributed by atoms with E-state index < -0.39 is 0 Å². The highest BCUT2D eigenvalue weighted by Gasteiger charge is 2.17. The fourth-order valence-corrected chi connectivity index (χ4v) is 2.98. The van der Waals surface area contributed by atoms with E-state index in [0.29, 0.717) is 16.2 Å². The van der Waals surface area contributed by atoms with Crippen molar-refractivity contribution in [1.29, 1.82) is 0 Å². The zero-order valence-electron chi connectivity index (χ0n) is 11.9. The van der Waals surface area contributed by atoms with E-state index in [1.165, 1.54) is 25.8 Å². The summed E-state index contributed by atoms with van der Waals surface area (Å²) >= 11 is 3.27. The lowest BCUT2D eigenvalue weighted by Gasteiger charge is -2.33. The van der Waals surface area contributed by atoms with E-state index in [1.807, 2.05) is 0 Å². The number of carbonyl (C=O) groups is 1. The lowest BCUT2D eigenvalue weighted by molar-refractivity contribution is 0.0948. The van der Waals surface area contributed by atoms with Crippen LogP contribution in [0.5, 0.6) is 0 Å². The minimum Gasteiger partial charge on any atom is -0.352 e. The maximum Gasteiger partial charge on any atom is 0.251 e. The highest BCUT2D eigenvalue weighted by Crippen LogP contribution is 2.16. The Balaban J connectivity index is 1.69. The van der Waals surface area contributed by atoms with Crippen LogP contribution in [-0.4, -0.2) is 41.5 Å². The highest BCUT2D eigenvalue weighted by atomic mass is 79.9. The average Bonchev–Trinajstić information content (AvgIpc) is 2.45. The number of hydrogen-bond acceptors (Lipinski definition) is 3. The summed E-state index contributed by atoms with van der Waals surface area (Å²) in [6.45, 7) is 5.29. The van der Waals surface area contributed by atoms with Crippen LogP contribution in [0.4, 0.5) is 0 Å². The second-order valence-electron chi connectivity index (χ2n) is 5.36. The third-order valence-corrected chi connectivity index (χ3v) is 4.27. The van der Waals surface area contributed by atoms with Crippen LogP contribution in [0.2, 0.25) is 0 Å². The SMILES string of the molecule is CC1CCCCN1CCCNC(=O)c1ccnc(Br)c1. The highest BCUT2D eigenvalue weighted by molar-refractivity contribution is 9.10. The predicted molar refractivity (Wildman–Crippen MR) is 83.8 cm³/mol. The van der Waals surface area contributed by atoms with E-state index in [1.54, 1.807) is 18.3 Å². The molecule has 1 aliphatic heterocycles. The second-order valence-corrected chi connectivity index (χ2v) is 6.17. The fourth-order valence-electron chi connectivity index (χ4n) is 2.62. The molecule has 1 atom stereocenters. The molecular formula is C15H22BrN3O. The maximum absolute atomic E-state index is 11.9.